The van der Waals surface area contributed by atoms with E-state index in [0.29, 0.717) is 18.2 Å². The Labute approximate surface area is 174 Å². The van der Waals surface area contributed by atoms with Crippen LogP contribution in [0.15, 0.2) is 24.4 Å². The average molecular weight is 449 g/mol. The van der Waals surface area contributed by atoms with Crippen LogP contribution in [0.2, 0.25) is 10.0 Å². The minimum atomic E-state index is -4.84. The van der Waals surface area contributed by atoms with E-state index in [2.05, 4.69) is 20.6 Å². The molecule has 1 aromatic carbocycles. The minimum absolute atomic E-state index is 0.161. The van der Waals surface area contributed by atoms with E-state index in [9.17, 15) is 18.0 Å². The summed E-state index contributed by atoms with van der Waals surface area (Å²) >= 11 is 11.9. The van der Waals surface area contributed by atoms with Crippen molar-refractivity contribution >= 4 is 40.7 Å². The fourth-order valence-corrected chi connectivity index (χ4v) is 3.16. The third-order valence-electron chi connectivity index (χ3n) is 4.37. The van der Waals surface area contributed by atoms with Crippen LogP contribution in [-0.4, -0.2) is 35.6 Å². The SMILES string of the molecule is O=C(NCC1CCOCC1)c1cnc(Nc2cc(Cl)ccc2Cl)nc1C(F)(F)F. The number of anilines is 2. The highest BCUT2D eigenvalue weighted by Crippen LogP contribution is 2.32. The molecule has 1 aliphatic rings. The zero-order valence-corrected chi connectivity index (χ0v) is 16.5. The molecule has 2 heterocycles. The summed E-state index contributed by atoms with van der Waals surface area (Å²) in [4.78, 5) is 19.7. The first kappa shape index (κ1) is 21.6. The summed E-state index contributed by atoms with van der Waals surface area (Å²) < 4.78 is 45.7. The molecule has 29 heavy (non-hydrogen) atoms. The number of hydrogen-bond acceptors (Lipinski definition) is 5. The van der Waals surface area contributed by atoms with Crippen LogP contribution >= 0.6 is 23.2 Å². The van der Waals surface area contributed by atoms with E-state index >= 15 is 0 Å². The maximum atomic E-state index is 13.5. The molecule has 2 aromatic rings. The Morgan fingerprint density at radius 2 is 1.97 bits per heavy atom. The summed E-state index contributed by atoms with van der Waals surface area (Å²) in [5.74, 6) is -1.08. The fraction of sp³-hybridized carbons (Fsp3) is 0.389. The van der Waals surface area contributed by atoms with Crippen LogP contribution in [0, 0.1) is 5.92 Å². The van der Waals surface area contributed by atoms with Gasteiger partial charge in [0.2, 0.25) is 5.95 Å². The van der Waals surface area contributed by atoms with Crippen molar-refractivity contribution in [3.8, 4) is 0 Å². The maximum Gasteiger partial charge on any atom is 0.434 e. The number of carbonyl (C=O) groups excluding carboxylic acids is 1. The van der Waals surface area contributed by atoms with Gasteiger partial charge >= 0.3 is 6.18 Å². The van der Waals surface area contributed by atoms with Gasteiger partial charge in [0.1, 0.15) is 0 Å². The summed E-state index contributed by atoms with van der Waals surface area (Å²) in [5.41, 5.74) is -1.74. The molecule has 0 atom stereocenters. The predicted octanol–water partition coefficient (Wildman–Crippen LogP) is 4.70. The van der Waals surface area contributed by atoms with E-state index in [1.165, 1.54) is 18.2 Å². The van der Waals surface area contributed by atoms with Crippen molar-refractivity contribution in [2.45, 2.75) is 19.0 Å². The van der Waals surface area contributed by atoms with Gasteiger partial charge in [-0.25, -0.2) is 9.97 Å². The Morgan fingerprint density at radius 1 is 1.24 bits per heavy atom. The van der Waals surface area contributed by atoms with Crippen LogP contribution in [-0.2, 0) is 10.9 Å². The second-order valence-electron chi connectivity index (χ2n) is 6.47. The largest absolute Gasteiger partial charge is 0.434 e. The first-order chi connectivity index (χ1) is 13.7. The lowest BCUT2D eigenvalue weighted by Gasteiger charge is -2.22. The molecular weight excluding hydrogens is 432 g/mol. The molecule has 0 saturated carbocycles. The maximum absolute atomic E-state index is 13.5. The Hall–Kier alpha value is -2.10. The normalized spacial score (nSPS) is 15.2. The molecule has 156 valence electrons. The smallest absolute Gasteiger partial charge is 0.381 e. The van der Waals surface area contributed by atoms with Crippen LogP contribution < -0.4 is 10.6 Å². The van der Waals surface area contributed by atoms with Crippen LogP contribution in [0.5, 0.6) is 0 Å². The van der Waals surface area contributed by atoms with Gasteiger partial charge in [-0.05, 0) is 37.0 Å². The molecular formula is C18H17Cl2F3N4O2. The number of nitrogens with zero attached hydrogens (tertiary/aromatic N) is 2. The number of amides is 1. The number of carbonyl (C=O) groups is 1. The lowest BCUT2D eigenvalue weighted by atomic mass is 10.0. The van der Waals surface area contributed by atoms with Crippen molar-refractivity contribution in [2.24, 2.45) is 5.92 Å². The van der Waals surface area contributed by atoms with Crippen LogP contribution in [0.3, 0.4) is 0 Å². The Kier molecular flexibility index (Phi) is 6.81. The van der Waals surface area contributed by atoms with Gasteiger partial charge in [-0.1, -0.05) is 23.2 Å². The summed E-state index contributed by atoms with van der Waals surface area (Å²) in [5, 5.41) is 5.68. The molecule has 1 amide bonds. The van der Waals surface area contributed by atoms with Gasteiger partial charge in [0.25, 0.3) is 5.91 Å². The summed E-state index contributed by atoms with van der Waals surface area (Å²) in [6.45, 7) is 1.41. The third-order valence-corrected chi connectivity index (χ3v) is 4.93. The first-order valence-corrected chi connectivity index (χ1v) is 9.52. The van der Waals surface area contributed by atoms with Crippen LogP contribution in [0.1, 0.15) is 28.9 Å². The number of aromatic nitrogens is 2. The van der Waals surface area contributed by atoms with Crippen molar-refractivity contribution < 1.29 is 22.7 Å². The molecule has 0 unspecified atom stereocenters. The molecule has 1 fully saturated rings. The van der Waals surface area contributed by atoms with Gasteiger partial charge in [0, 0.05) is 31.0 Å². The Bertz CT molecular complexity index is 890. The van der Waals surface area contributed by atoms with Gasteiger partial charge in [-0.3, -0.25) is 4.79 Å². The van der Waals surface area contributed by atoms with Crippen molar-refractivity contribution in [1.29, 1.82) is 0 Å². The van der Waals surface area contributed by atoms with Crippen molar-refractivity contribution in [1.82, 2.24) is 15.3 Å². The number of rotatable bonds is 5. The first-order valence-electron chi connectivity index (χ1n) is 8.76. The molecule has 1 saturated heterocycles. The Balaban J connectivity index is 1.80. The second kappa shape index (κ2) is 9.15. The van der Waals surface area contributed by atoms with Crippen LogP contribution in [0.25, 0.3) is 0 Å². The van der Waals surface area contributed by atoms with Gasteiger partial charge < -0.3 is 15.4 Å². The van der Waals surface area contributed by atoms with Crippen molar-refractivity contribution in [2.75, 3.05) is 25.1 Å². The van der Waals surface area contributed by atoms with E-state index in [0.717, 1.165) is 19.0 Å². The molecule has 0 spiro atoms. The second-order valence-corrected chi connectivity index (χ2v) is 7.31. The van der Waals surface area contributed by atoms with Gasteiger partial charge in [-0.15, -0.1) is 0 Å². The predicted molar refractivity (Wildman–Crippen MR) is 103 cm³/mol. The molecule has 11 heteroatoms. The zero-order valence-electron chi connectivity index (χ0n) is 15.0. The third kappa shape index (κ3) is 5.71. The molecule has 0 radical (unpaired) electrons. The van der Waals surface area contributed by atoms with Gasteiger partial charge in [-0.2, -0.15) is 13.2 Å². The highest BCUT2D eigenvalue weighted by atomic mass is 35.5. The summed E-state index contributed by atoms with van der Waals surface area (Å²) in [7, 11) is 0. The lowest BCUT2D eigenvalue weighted by molar-refractivity contribution is -0.141. The highest BCUT2D eigenvalue weighted by Gasteiger charge is 2.38. The lowest BCUT2D eigenvalue weighted by Crippen LogP contribution is -2.33. The minimum Gasteiger partial charge on any atom is -0.381 e. The molecule has 1 aromatic heterocycles. The van der Waals surface area contributed by atoms with Gasteiger partial charge in [0.05, 0.1) is 16.3 Å². The van der Waals surface area contributed by atoms with E-state index in [-0.39, 0.29) is 29.1 Å². The number of ether oxygens (including phenoxy) is 1. The van der Waals surface area contributed by atoms with E-state index < -0.39 is 23.3 Å². The molecule has 2 N–H and O–H groups in total. The average Bonchev–Trinajstić information content (AvgIpc) is 2.69. The van der Waals surface area contributed by atoms with Crippen molar-refractivity contribution in [3.63, 3.8) is 0 Å². The molecule has 0 aliphatic carbocycles. The topological polar surface area (TPSA) is 76.1 Å². The van der Waals surface area contributed by atoms with E-state index in [1.54, 1.807) is 0 Å². The number of nitrogens with one attached hydrogen (secondary N) is 2. The number of benzene rings is 1. The molecule has 6 nitrogen and oxygen atoms in total. The van der Waals surface area contributed by atoms with Gasteiger partial charge in [0.15, 0.2) is 5.69 Å². The Morgan fingerprint density at radius 3 is 2.66 bits per heavy atom. The monoisotopic (exact) mass is 448 g/mol. The van der Waals surface area contributed by atoms with Crippen molar-refractivity contribution in [3.05, 3.63) is 45.7 Å². The van der Waals surface area contributed by atoms with E-state index in [4.69, 9.17) is 27.9 Å². The number of hydrogen-bond donors (Lipinski definition) is 2. The molecule has 1 aliphatic heterocycles. The highest BCUT2D eigenvalue weighted by molar-refractivity contribution is 6.35. The number of alkyl halides is 3. The fourth-order valence-electron chi connectivity index (χ4n) is 2.82. The number of halogens is 5. The molecule has 3 rings (SSSR count). The standard InChI is InChI=1S/C18H17Cl2F3N4O2/c19-11-1-2-13(20)14(7-11)26-17-25-9-12(15(27-17)18(21,22)23)16(28)24-8-10-3-5-29-6-4-10/h1-2,7,9-10H,3-6,8H2,(H,24,28)(H,25,26,27). The quantitative estimate of drug-likeness (QED) is 0.692. The summed E-state index contributed by atoms with van der Waals surface area (Å²) in [6, 6.07) is 4.44. The zero-order chi connectivity index (χ0) is 21.0. The molecule has 0 bridgehead atoms. The summed E-state index contributed by atoms with van der Waals surface area (Å²) in [6.07, 6.45) is -2.52. The van der Waals surface area contributed by atoms with Crippen LogP contribution in [0.4, 0.5) is 24.8 Å². The van der Waals surface area contributed by atoms with E-state index in [1.807, 2.05) is 0 Å².